The molecule has 5 nitrogen and oxygen atoms in total. The van der Waals surface area contributed by atoms with Crippen LogP contribution in [0.25, 0.3) is 11.0 Å². The molecule has 2 atom stereocenters. The highest BCUT2D eigenvalue weighted by atomic mass is 16.5. The average Bonchev–Trinajstić information content (AvgIpc) is 3.03. The van der Waals surface area contributed by atoms with Gasteiger partial charge in [-0.2, -0.15) is 0 Å². The number of furan rings is 1. The van der Waals surface area contributed by atoms with E-state index in [-0.39, 0.29) is 5.91 Å². The van der Waals surface area contributed by atoms with Crippen molar-refractivity contribution >= 4 is 16.9 Å². The van der Waals surface area contributed by atoms with Crippen molar-refractivity contribution in [2.45, 2.75) is 25.8 Å². The SMILES string of the molecule is Cc1cc(C(=O)NCC2C3CN(C4CCOCC4)CC23)c2occc2c1. The second kappa shape index (κ2) is 6.39. The number of nitrogens with zero attached hydrogens (tertiary/aromatic N) is 1. The van der Waals surface area contributed by atoms with Gasteiger partial charge in [-0.3, -0.25) is 9.69 Å². The highest BCUT2D eigenvalue weighted by molar-refractivity contribution is 6.05. The van der Waals surface area contributed by atoms with E-state index in [0.717, 1.165) is 42.5 Å². The molecule has 1 aromatic carbocycles. The highest BCUT2D eigenvalue weighted by Crippen LogP contribution is 2.52. The maximum absolute atomic E-state index is 12.7. The standard InChI is InChI=1S/C21H26N2O3/c1-13-8-14-2-7-26-20(14)16(9-13)21(24)22-10-17-18-11-23(12-19(17)18)15-3-5-25-6-4-15/h2,7-9,15,17-19H,3-6,10-12H2,1H3,(H,22,24). The third kappa shape index (κ3) is 2.83. The van der Waals surface area contributed by atoms with Crippen LogP contribution in [-0.4, -0.2) is 49.7 Å². The first-order valence-corrected chi connectivity index (χ1v) is 9.78. The second-order valence-electron chi connectivity index (χ2n) is 8.15. The molecule has 138 valence electrons. The van der Waals surface area contributed by atoms with Crippen LogP contribution >= 0.6 is 0 Å². The summed E-state index contributed by atoms with van der Waals surface area (Å²) >= 11 is 0. The first-order chi connectivity index (χ1) is 12.7. The Morgan fingerprint density at radius 3 is 2.77 bits per heavy atom. The van der Waals surface area contributed by atoms with Crippen LogP contribution in [-0.2, 0) is 4.74 Å². The molecule has 3 heterocycles. The lowest BCUT2D eigenvalue weighted by molar-refractivity contribution is 0.0368. The summed E-state index contributed by atoms with van der Waals surface area (Å²) in [6.45, 7) is 7.01. The van der Waals surface area contributed by atoms with Gasteiger partial charge in [0.1, 0.15) is 5.58 Å². The Hall–Kier alpha value is -1.85. The number of carbonyl (C=O) groups is 1. The number of carbonyl (C=O) groups excluding carboxylic acids is 1. The number of hydrogen-bond acceptors (Lipinski definition) is 4. The van der Waals surface area contributed by atoms with Crippen molar-refractivity contribution in [3.63, 3.8) is 0 Å². The van der Waals surface area contributed by atoms with Crippen LogP contribution in [0, 0.1) is 24.7 Å². The topological polar surface area (TPSA) is 54.7 Å². The van der Waals surface area contributed by atoms with Crippen molar-refractivity contribution in [2.24, 2.45) is 17.8 Å². The lowest BCUT2D eigenvalue weighted by atomic mass is 10.1. The van der Waals surface area contributed by atoms with E-state index in [1.807, 2.05) is 25.1 Å². The zero-order chi connectivity index (χ0) is 17.7. The molecule has 0 spiro atoms. The summed E-state index contributed by atoms with van der Waals surface area (Å²) in [4.78, 5) is 15.3. The summed E-state index contributed by atoms with van der Waals surface area (Å²) in [6.07, 6.45) is 4.00. The summed E-state index contributed by atoms with van der Waals surface area (Å²) in [5, 5.41) is 4.15. The Balaban J connectivity index is 1.17. The molecular formula is C21H26N2O3. The maximum atomic E-state index is 12.7. The van der Waals surface area contributed by atoms with Crippen molar-refractivity contribution in [2.75, 3.05) is 32.8 Å². The normalized spacial score (nSPS) is 29.0. The van der Waals surface area contributed by atoms with Gasteiger partial charge in [0.25, 0.3) is 5.91 Å². The smallest absolute Gasteiger partial charge is 0.255 e. The fourth-order valence-electron chi connectivity index (χ4n) is 5.04. The zero-order valence-corrected chi connectivity index (χ0v) is 15.2. The van der Waals surface area contributed by atoms with E-state index in [1.165, 1.54) is 25.9 Å². The van der Waals surface area contributed by atoms with Crippen molar-refractivity contribution in [1.29, 1.82) is 0 Å². The average molecular weight is 354 g/mol. The molecule has 5 heteroatoms. The predicted octanol–water partition coefficient (Wildman–Crippen LogP) is 2.83. The number of piperidine rings is 1. The summed E-state index contributed by atoms with van der Waals surface area (Å²) < 4.78 is 11.0. The van der Waals surface area contributed by atoms with Crippen molar-refractivity contribution in [1.82, 2.24) is 10.2 Å². The largest absolute Gasteiger partial charge is 0.464 e. The van der Waals surface area contributed by atoms with Crippen LogP contribution in [0.15, 0.2) is 28.9 Å². The van der Waals surface area contributed by atoms with E-state index in [0.29, 0.717) is 23.1 Å². The highest BCUT2D eigenvalue weighted by Gasteiger charge is 2.56. The van der Waals surface area contributed by atoms with Crippen LogP contribution in [0.2, 0.25) is 0 Å². The molecule has 1 aromatic heterocycles. The first kappa shape index (κ1) is 16.3. The minimum absolute atomic E-state index is 0.0140. The van der Waals surface area contributed by atoms with Gasteiger partial charge in [0.15, 0.2) is 0 Å². The molecule has 5 rings (SSSR count). The Bertz CT molecular complexity index is 812. The summed E-state index contributed by atoms with van der Waals surface area (Å²) in [5.41, 5.74) is 2.42. The molecule has 26 heavy (non-hydrogen) atoms. The number of amides is 1. The molecule has 2 aliphatic heterocycles. The van der Waals surface area contributed by atoms with Crippen LogP contribution in [0.5, 0.6) is 0 Å². The van der Waals surface area contributed by atoms with Gasteiger partial charge in [-0.05, 0) is 61.3 Å². The molecule has 1 aliphatic carbocycles. The zero-order valence-electron chi connectivity index (χ0n) is 15.2. The fraction of sp³-hybridized carbons (Fsp3) is 0.571. The Morgan fingerprint density at radius 1 is 1.23 bits per heavy atom. The number of nitrogens with one attached hydrogen (secondary N) is 1. The molecule has 2 saturated heterocycles. The molecule has 2 aromatic rings. The molecule has 3 aliphatic rings. The Kier molecular flexibility index (Phi) is 4.02. The van der Waals surface area contributed by atoms with Gasteiger partial charge in [-0.1, -0.05) is 0 Å². The number of rotatable bonds is 4. The summed E-state index contributed by atoms with van der Waals surface area (Å²) in [5.74, 6) is 2.16. The molecule has 0 radical (unpaired) electrons. The third-order valence-corrected chi connectivity index (χ3v) is 6.55. The quantitative estimate of drug-likeness (QED) is 0.917. The van der Waals surface area contributed by atoms with Gasteiger partial charge in [-0.25, -0.2) is 0 Å². The molecular weight excluding hydrogens is 328 g/mol. The molecule has 1 saturated carbocycles. The van der Waals surface area contributed by atoms with E-state index < -0.39 is 0 Å². The Labute approximate surface area is 153 Å². The molecule has 1 amide bonds. The molecule has 3 fully saturated rings. The van der Waals surface area contributed by atoms with E-state index in [9.17, 15) is 4.79 Å². The number of benzene rings is 1. The van der Waals surface area contributed by atoms with Crippen LogP contribution < -0.4 is 5.32 Å². The van der Waals surface area contributed by atoms with E-state index in [4.69, 9.17) is 9.15 Å². The van der Waals surface area contributed by atoms with Gasteiger partial charge in [0, 0.05) is 44.3 Å². The molecule has 0 bridgehead atoms. The van der Waals surface area contributed by atoms with Crippen molar-refractivity contribution in [3.05, 3.63) is 35.6 Å². The molecule has 1 N–H and O–H groups in total. The number of likely N-dealkylation sites (tertiary alicyclic amines) is 1. The van der Waals surface area contributed by atoms with E-state index >= 15 is 0 Å². The number of hydrogen-bond donors (Lipinski definition) is 1. The maximum Gasteiger partial charge on any atom is 0.255 e. The van der Waals surface area contributed by atoms with Crippen molar-refractivity contribution < 1.29 is 13.9 Å². The van der Waals surface area contributed by atoms with Gasteiger partial charge >= 0.3 is 0 Å². The minimum Gasteiger partial charge on any atom is -0.464 e. The van der Waals surface area contributed by atoms with Gasteiger partial charge in [0.2, 0.25) is 0 Å². The first-order valence-electron chi connectivity index (χ1n) is 9.78. The monoisotopic (exact) mass is 354 g/mol. The van der Waals surface area contributed by atoms with Crippen molar-refractivity contribution in [3.8, 4) is 0 Å². The van der Waals surface area contributed by atoms with E-state index in [1.54, 1.807) is 6.26 Å². The van der Waals surface area contributed by atoms with E-state index in [2.05, 4.69) is 10.2 Å². The number of aryl methyl sites for hydroxylation is 1. The molecule has 2 unspecified atom stereocenters. The lowest BCUT2D eigenvalue weighted by Crippen LogP contribution is -2.40. The third-order valence-electron chi connectivity index (χ3n) is 6.55. The fourth-order valence-corrected chi connectivity index (χ4v) is 5.04. The number of fused-ring (bicyclic) bond motifs is 2. The summed E-state index contributed by atoms with van der Waals surface area (Å²) in [6, 6.07) is 6.59. The number of ether oxygens (including phenoxy) is 1. The Morgan fingerprint density at radius 2 is 2.00 bits per heavy atom. The lowest BCUT2D eigenvalue weighted by Gasteiger charge is -2.32. The van der Waals surface area contributed by atoms with Gasteiger partial charge in [-0.15, -0.1) is 0 Å². The van der Waals surface area contributed by atoms with Crippen LogP contribution in [0.3, 0.4) is 0 Å². The predicted molar refractivity (Wildman–Crippen MR) is 99.2 cm³/mol. The van der Waals surface area contributed by atoms with Crippen LogP contribution in [0.1, 0.15) is 28.8 Å². The van der Waals surface area contributed by atoms with Crippen LogP contribution in [0.4, 0.5) is 0 Å². The van der Waals surface area contributed by atoms with Gasteiger partial charge < -0.3 is 14.5 Å². The summed E-state index contributed by atoms with van der Waals surface area (Å²) in [7, 11) is 0. The second-order valence-corrected chi connectivity index (χ2v) is 8.15. The van der Waals surface area contributed by atoms with Gasteiger partial charge in [0.05, 0.1) is 11.8 Å². The minimum atomic E-state index is -0.0140.